The highest BCUT2D eigenvalue weighted by molar-refractivity contribution is 7.88. The zero-order valence-electron chi connectivity index (χ0n) is 16.6. The highest BCUT2D eigenvalue weighted by Crippen LogP contribution is 2.33. The van der Waals surface area contributed by atoms with Gasteiger partial charge in [-0.2, -0.15) is 0 Å². The van der Waals surface area contributed by atoms with Gasteiger partial charge < -0.3 is 9.88 Å². The third kappa shape index (κ3) is 4.55. The van der Waals surface area contributed by atoms with Crippen LogP contribution in [0.4, 0.5) is 0 Å². The molecule has 8 heteroatoms. The van der Waals surface area contributed by atoms with Crippen molar-refractivity contribution < 1.29 is 13.2 Å². The first-order valence-corrected chi connectivity index (χ1v) is 11.7. The van der Waals surface area contributed by atoms with Crippen molar-refractivity contribution in [2.45, 2.75) is 38.1 Å². The molecule has 2 fully saturated rings. The Hall–Kier alpha value is -1.38. The summed E-state index contributed by atoms with van der Waals surface area (Å²) in [5.74, 6) is 0.301. The van der Waals surface area contributed by atoms with Crippen LogP contribution in [0.15, 0.2) is 12.1 Å². The van der Waals surface area contributed by atoms with Crippen molar-refractivity contribution in [1.29, 1.82) is 0 Å². The smallest absolute Gasteiger partial charge is 0.267 e. The standard InChI is InChI=1S/C19H32N4O3S/c1-20-19(24)18-10-9-16(21(18)2)17-8-4-5-11-22(17)13-15-7-6-12-23(14-15)27(3,25)26/h9-10,15,17H,4-8,11-14H2,1-3H3,(H,20,24). The Kier molecular flexibility index (Phi) is 6.28. The molecular weight excluding hydrogens is 364 g/mol. The summed E-state index contributed by atoms with van der Waals surface area (Å²) in [7, 11) is 0.493. The molecule has 1 amide bonds. The lowest BCUT2D eigenvalue weighted by atomic mass is 9.94. The van der Waals surface area contributed by atoms with Gasteiger partial charge in [0, 0.05) is 39.4 Å². The first kappa shape index (κ1) is 20.4. The van der Waals surface area contributed by atoms with Gasteiger partial charge in [0.2, 0.25) is 10.0 Å². The molecule has 3 rings (SSSR count). The van der Waals surface area contributed by atoms with Crippen molar-refractivity contribution in [3.05, 3.63) is 23.5 Å². The zero-order chi connectivity index (χ0) is 19.6. The lowest BCUT2D eigenvalue weighted by Gasteiger charge is -2.40. The Morgan fingerprint density at radius 1 is 1.19 bits per heavy atom. The van der Waals surface area contributed by atoms with E-state index in [9.17, 15) is 13.2 Å². The predicted molar refractivity (Wildman–Crippen MR) is 106 cm³/mol. The number of carbonyl (C=O) groups excluding carboxylic acids is 1. The van der Waals surface area contributed by atoms with Gasteiger partial charge in [-0.25, -0.2) is 12.7 Å². The highest BCUT2D eigenvalue weighted by atomic mass is 32.2. The molecule has 27 heavy (non-hydrogen) atoms. The monoisotopic (exact) mass is 396 g/mol. The van der Waals surface area contributed by atoms with Crippen LogP contribution in [0.25, 0.3) is 0 Å². The first-order valence-electron chi connectivity index (χ1n) is 9.88. The average molecular weight is 397 g/mol. The van der Waals surface area contributed by atoms with Crippen LogP contribution in [-0.4, -0.2) is 67.6 Å². The van der Waals surface area contributed by atoms with Crippen LogP contribution in [-0.2, 0) is 17.1 Å². The molecule has 2 atom stereocenters. The predicted octanol–water partition coefficient (Wildman–Crippen LogP) is 1.58. The lowest BCUT2D eigenvalue weighted by molar-refractivity contribution is 0.0944. The molecule has 152 valence electrons. The molecule has 2 unspecified atom stereocenters. The third-order valence-corrected chi connectivity index (χ3v) is 7.29. The van der Waals surface area contributed by atoms with Crippen LogP contribution < -0.4 is 5.32 Å². The van der Waals surface area contributed by atoms with E-state index in [-0.39, 0.29) is 11.9 Å². The Morgan fingerprint density at radius 2 is 1.96 bits per heavy atom. The molecule has 7 nitrogen and oxygen atoms in total. The summed E-state index contributed by atoms with van der Waals surface area (Å²) in [5.41, 5.74) is 1.85. The Morgan fingerprint density at radius 3 is 2.67 bits per heavy atom. The SMILES string of the molecule is CNC(=O)c1ccc(C2CCCCN2CC2CCCN(S(C)(=O)=O)C2)n1C. The molecule has 0 aliphatic carbocycles. The summed E-state index contributed by atoms with van der Waals surface area (Å²) in [5, 5.41) is 2.70. The van der Waals surface area contributed by atoms with Crippen molar-refractivity contribution in [3.8, 4) is 0 Å². The number of carbonyl (C=O) groups is 1. The van der Waals surface area contributed by atoms with Gasteiger partial charge in [-0.05, 0) is 50.3 Å². The Bertz CT molecular complexity index is 774. The van der Waals surface area contributed by atoms with Gasteiger partial charge in [-0.1, -0.05) is 6.42 Å². The zero-order valence-corrected chi connectivity index (χ0v) is 17.5. The third-order valence-electron chi connectivity index (χ3n) is 6.02. The second kappa shape index (κ2) is 8.32. The fraction of sp³-hybridized carbons (Fsp3) is 0.737. The molecule has 2 saturated heterocycles. The van der Waals surface area contributed by atoms with Crippen molar-refractivity contribution in [2.75, 3.05) is 39.5 Å². The summed E-state index contributed by atoms with van der Waals surface area (Å²) in [4.78, 5) is 14.6. The Balaban J connectivity index is 1.74. The van der Waals surface area contributed by atoms with Gasteiger partial charge in [0.15, 0.2) is 0 Å². The molecule has 2 aliphatic heterocycles. The van der Waals surface area contributed by atoms with Crippen molar-refractivity contribution in [2.24, 2.45) is 13.0 Å². The number of nitrogens with zero attached hydrogens (tertiary/aromatic N) is 3. The van der Waals surface area contributed by atoms with Gasteiger partial charge in [-0.15, -0.1) is 0 Å². The van der Waals surface area contributed by atoms with Gasteiger partial charge >= 0.3 is 0 Å². The summed E-state index contributed by atoms with van der Waals surface area (Å²) < 4.78 is 27.5. The molecule has 3 heterocycles. The summed E-state index contributed by atoms with van der Waals surface area (Å²) in [6.07, 6.45) is 6.75. The molecule has 1 aromatic heterocycles. The van der Waals surface area contributed by atoms with E-state index in [1.807, 2.05) is 17.7 Å². The van der Waals surface area contributed by atoms with Crippen LogP contribution >= 0.6 is 0 Å². The van der Waals surface area contributed by atoms with Crippen molar-refractivity contribution in [1.82, 2.24) is 19.1 Å². The quantitative estimate of drug-likeness (QED) is 0.820. The van der Waals surface area contributed by atoms with E-state index in [0.717, 1.165) is 32.4 Å². The van der Waals surface area contributed by atoms with Crippen LogP contribution in [0.3, 0.4) is 0 Å². The molecular formula is C19H32N4O3S. The fourth-order valence-electron chi connectivity index (χ4n) is 4.57. The average Bonchev–Trinajstić information content (AvgIpc) is 3.02. The highest BCUT2D eigenvalue weighted by Gasteiger charge is 2.32. The molecule has 0 radical (unpaired) electrons. The number of hydrogen-bond donors (Lipinski definition) is 1. The molecule has 0 saturated carbocycles. The number of aromatic nitrogens is 1. The van der Waals surface area contributed by atoms with E-state index in [0.29, 0.717) is 24.7 Å². The number of amides is 1. The van der Waals surface area contributed by atoms with Crippen LogP contribution in [0.5, 0.6) is 0 Å². The minimum atomic E-state index is -3.11. The normalized spacial score (nSPS) is 25.4. The minimum Gasteiger partial charge on any atom is -0.354 e. The van der Waals surface area contributed by atoms with E-state index in [4.69, 9.17) is 0 Å². The number of rotatable bonds is 5. The number of likely N-dealkylation sites (tertiary alicyclic amines) is 1. The molecule has 0 aromatic carbocycles. The van der Waals surface area contributed by atoms with E-state index < -0.39 is 10.0 Å². The molecule has 0 bridgehead atoms. The maximum absolute atomic E-state index is 12.1. The number of nitrogens with one attached hydrogen (secondary N) is 1. The van der Waals surface area contributed by atoms with Gasteiger partial charge in [0.25, 0.3) is 5.91 Å². The van der Waals surface area contributed by atoms with Crippen LogP contribution in [0.1, 0.15) is 54.3 Å². The van der Waals surface area contributed by atoms with Gasteiger partial charge in [-0.3, -0.25) is 9.69 Å². The van der Waals surface area contributed by atoms with Crippen LogP contribution in [0.2, 0.25) is 0 Å². The van der Waals surface area contributed by atoms with Gasteiger partial charge in [0.1, 0.15) is 5.69 Å². The Labute approximate surface area is 162 Å². The second-order valence-corrected chi connectivity index (χ2v) is 9.90. The van der Waals surface area contributed by atoms with E-state index in [2.05, 4.69) is 16.3 Å². The first-order chi connectivity index (χ1) is 12.8. The minimum absolute atomic E-state index is 0.0674. The maximum atomic E-state index is 12.1. The van der Waals surface area contributed by atoms with Crippen molar-refractivity contribution >= 4 is 15.9 Å². The molecule has 0 spiro atoms. The lowest BCUT2D eigenvalue weighted by Crippen LogP contribution is -2.45. The number of sulfonamides is 1. The van der Waals surface area contributed by atoms with E-state index >= 15 is 0 Å². The summed E-state index contributed by atoms with van der Waals surface area (Å²) in [6.45, 7) is 3.21. The fourth-order valence-corrected chi connectivity index (χ4v) is 5.51. The topological polar surface area (TPSA) is 74.7 Å². The van der Waals surface area contributed by atoms with Gasteiger partial charge in [0.05, 0.1) is 12.3 Å². The number of piperidine rings is 2. The van der Waals surface area contributed by atoms with Crippen molar-refractivity contribution in [3.63, 3.8) is 0 Å². The summed E-state index contributed by atoms with van der Waals surface area (Å²) in [6, 6.07) is 4.25. The largest absolute Gasteiger partial charge is 0.354 e. The van der Waals surface area contributed by atoms with Crippen LogP contribution in [0, 0.1) is 5.92 Å². The molecule has 2 aliphatic rings. The van der Waals surface area contributed by atoms with E-state index in [1.54, 1.807) is 11.4 Å². The molecule has 1 N–H and O–H groups in total. The molecule has 1 aromatic rings. The second-order valence-electron chi connectivity index (χ2n) is 7.92. The number of hydrogen-bond acceptors (Lipinski definition) is 4. The maximum Gasteiger partial charge on any atom is 0.267 e. The van der Waals surface area contributed by atoms with E-state index in [1.165, 1.54) is 24.8 Å². The summed E-state index contributed by atoms with van der Waals surface area (Å²) >= 11 is 0.